The second-order valence-electron chi connectivity index (χ2n) is 10.1. The van der Waals surface area contributed by atoms with Gasteiger partial charge in [0.25, 0.3) is 0 Å². The molecule has 3 heteroatoms. The van der Waals surface area contributed by atoms with Gasteiger partial charge in [-0.1, -0.05) is 48.0 Å². The van der Waals surface area contributed by atoms with Crippen molar-refractivity contribution in [1.29, 1.82) is 0 Å². The molecular weight excluding hydrogens is 324 g/mol. The van der Waals surface area contributed by atoms with Gasteiger partial charge in [0.1, 0.15) is 6.10 Å². The summed E-state index contributed by atoms with van der Waals surface area (Å²) in [5, 5.41) is 0. The molecule has 0 radical (unpaired) electrons. The zero-order valence-corrected chi connectivity index (χ0v) is 18.2. The van der Waals surface area contributed by atoms with Crippen LogP contribution in [0.25, 0.3) is 0 Å². The maximum Gasteiger partial charge on any atom is 0.508 e. The van der Waals surface area contributed by atoms with Crippen molar-refractivity contribution in [3.05, 3.63) is 0 Å². The summed E-state index contributed by atoms with van der Waals surface area (Å²) in [4.78, 5) is 12.0. The number of hydrogen-bond donors (Lipinski definition) is 0. The third-order valence-electron chi connectivity index (χ3n) is 7.48. The van der Waals surface area contributed by atoms with Crippen LogP contribution in [0, 0.1) is 40.9 Å². The lowest BCUT2D eigenvalue weighted by Crippen LogP contribution is -2.47. The molecule has 152 valence electrons. The molecule has 6 unspecified atom stereocenters. The highest BCUT2D eigenvalue weighted by molar-refractivity contribution is 5.60. The minimum atomic E-state index is -0.482. The number of hydrogen-bond acceptors (Lipinski definition) is 3. The van der Waals surface area contributed by atoms with Crippen LogP contribution in [-0.2, 0) is 9.47 Å². The Bertz CT molecular complexity index is 458. The fourth-order valence-corrected chi connectivity index (χ4v) is 5.90. The molecule has 6 atom stereocenters. The van der Waals surface area contributed by atoms with Gasteiger partial charge in [0.2, 0.25) is 0 Å². The molecule has 26 heavy (non-hydrogen) atoms. The molecule has 2 aliphatic carbocycles. The van der Waals surface area contributed by atoms with Crippen LogP contribution in [0.5, 0.6) is 0 Å². The van der Waals surface area contributed by atoms with Crippen molar-refractivity contribution in [2.24, 2.45) is 40.9 Å². The largest absolute Gasteiger partial charge is 0.508 e. The van der Waals surface area contributed by atoms with E-state index in [-0.39, 0.29) is 11.5 Å². The first-order valence-electron chi connectivity index (χ1n) is 11.0. The molecule has 2 fully saturated rings. The summed E-state index contributed by atoms with van der Waals surface area (Å²) >= 11 is 0. The average molecular weight is 367 g/mol. The Hall–Kier alpha value is -0.730. The van der Waals surface area contributed by atoms with Crippen LogP contribution in [0.2, 0.25) is 0 Å². The van der Waals surface area contributed by atoms with E-state index in [9.17, 15) is 4.79 Å². The third kappa shape index (κ3) is 4.95. The monoisotopic (exact) mass is 366 g/mol. The van der Waals surface area contributed by atoms with Gasteiger partial charge in [-0.3, -0.25) is 0 Å². The molecule has 0 N–H and O–H groups in total. The summed E-state index contributed by atoms with van der Waals surface area (Å²) in [5.41, 5.74) is 0.270. The van der Waals surface area contributed by atoms with Crippen molar-refractivity contribution in [3.8, 4) is 0 Å². The van der Waals surface area contributed by atoms with Crippen LogP contribution in [0.4, 0.5) is 4.79 Å². The second kappa shape index (κ2) is 8.97. The minimum Gasteiger partial charge on any atom is -0.435 e. The van der Waals surface area contributed by atoms with Gasteiger partial charge >= 0.3 is 6.16 Å². The Morgan fingerprint density at radius 1 is 1.08 bits per heavy atom. The van der Waals surface area contributed by atoms with Gasteiger partial charge in [0.15, 0.2) is 0 Å². The van der Waals surface area contributed by atoms with Gasteiger partial charge in [0, 0.05) is 0 Å². The van der Waals surface area contributed by atoms with Gasteiger partial charge in [0.05, 0.1) is 6.61 Å². The SMILES string of the molecule is CCOC(=O)OC1CC(C)(C2CC(C)CCC2C(C)C)CCC1C(C)C. The molecule has 0 spiro atoms. The first kappa shape index (κ1) is 21.6. The Balaban J connectivity index is 2.20. The first-order valence-corrected chi connectivity index (χ1v) is 11.0. The molecule has 0 aromatic heterocycles. The molecule has 0 aromatic carbocycles. The zero-order valence-electron chi connectivity index (χ0n) is 18.2. The second-order valence-corrected chi connectivity index (χ2v) is 10.1. The van der Waals surface area contributed by atoms with E-state index in [1.54, 1.807) is 0 Å². The quantitative estimate of drug-likeness (QED) is 0.508. The van der Waals surface area contributed by atoms with E-state index < -0.39 is 6.16 Å². The van der Waals surface area contributed by atoms with Crippen molar-refractivity contribution in [2.75, 3.05) is 6.61 Å². The third-order valence-corrected chi connectivity index (χ3v) is 7.48. The van der Waals surface area contributed by atoms with Gasteiger partial charge in [-0.05, 0) is 80.0 Å². The summed E-state index contributed by atoms with van der Waals surface area (Å²) in [6.07, 6.45) is 6.99. The van der Waals surface area contributed by atoms with Crippen LogP contribution in [0.1, 0.15) is 87.0 Å². The van der Waals surface area contributed by atoms with Crippen molar-refractivity contribution < 1.29 is 14.3 Å². The zero-order chi connectivity index (χ0) is 19.5. The minimum absolute atomic E-state index is 0.00200. The highest BCUT2D eigenvalue weighted by atomic mass is 16.7. The van der Waals surface area contributed by atoms with Gasteiger partial charge in [-0.15, -0.1) is 0 Å². The molecular formula is C23H42O3. The first-order chi connectivity index (χ1) is 12.2. The highest BCUT2D eigenvalue weighted by Crippen LogP contribution is 2.55. The fraction of sp³-hybridized carbons (Fsp3) is 0.957. The number of carbonyl (C=O) groups is 1. The van der Waals surface area contributed by atoms with E-state index in [0.717, 1.165) is 36.5 Å². The summed E-state index contributed by atoms with van der Waals surface area (Å²) < 4.78 is 11.0. The lowest BCUT2D eigenvalue weighted by atomic mass is 9.54. The molecule has 2 saturated carbocycles. The van der Waals surface area contributed by atoms with E-state index in [4.69, 9.17) is 9.47 Å². The summed E-state index contributed by atoms with van der Waals surface area (Å²) in [5.74, 6) is 4.08. The normalized spacial score (nSPS) is 38.4. The van der Waals surface area contributed by atoms with Gasteiger partial charge in [-0.25, -0.2) is 4.79 Å². The fourth-order valence-electron chi connectivity index (χ4n) is 5.90. The predicted molar refractivity (Wildman–Crippen MR) is 107 cm³/mol. The van der Waals surface area contributed by atoms with Crippen molar-refractivity contribution >= 4 is 6.16 Å². The van der Waals surface area contributed by atoms with E-state index in [0.29, 0.717) is 18.4 Å². The summed E-state index contributed by atoms with van der Waals surface area (Å²) in [6.45, 7) is 16.4. The Labute approximate surface area is 161 Å². The molecule has 0 saturated heterocycles. The maximum atomic E-state index is 12.0. The lowest BCUT2D eigenvalue weighted by Gasteiger charge is -2.52. The van der Waals surface area contributed by atoms with Crippen LogP contribution >= 0.6 is 0 Å². The Morgan fingerprint density at radius 2 is 1.73 bits per heavy atom. The molecule has 0 bridgehead atoms. The van der Waals surface area contributed by atoms with E-state index >= 15 is 0 Å². The summed E-state index contributed by atoms with van der Waals surface area (Å²) in [6, 6.07) is 0. The van der Waals surface area contributed by atoms with Crippen molar-refractivity contribution in [3.63, 3.8) is 0 Å². The molecule has 3 nitrogen and oxygen atoms in total. The number of ether oxygens (including phenoxy) is 2. The molecule has 2 aliphatic rings. The lowest BCUT2D eigenvalue weighted by molar-refractivity contribution is -0.0855. The molecule has 0 amide bonds. The standard InChI is InChI=1S/C23H42O3/c1-8-25-22(24)26-21-14-23(7,12-11-19(21)16(4)5)20-13-17(6)9-10-18(20)15(2)3/h15-21H,8-14H2,1-7H3. The Kier molecular flexibility index (Phi) is 7.44. The number of carbonyl (C=O) groups excluding carboxylic acids is 1. The van der Waals surface area contributed by atoms with Gasteiger partial charge in [-0.2, -0.15) is 0 Å². The topological polar surface area (TPSA) is 35.5 Å². The van der Waals surface area contributed by atoms with Crippen molar-refractivity contribution in [2.45, 2.75) is 93.1 Å². The van der Waals surface area contributed by atoms with Crippen LogP contribution in [-0.4, -0.2) is 18.9 Å². The number of rotatable bonds is 5. The van der Waals surface area contributed by atoms with E-state index in [1.165, 1.54) is 25.7 Å². The Morgan fingerprint density at radius 3 is 2.31 bits per heavy atom. The van der Waals surface area contributed by atoms with Gasteiger partial charge < -0.3 is 9.47 Å². The van der Waals surface area contributed by atoms with E-state index in [2.05, 4.69) is 41.5 Å². The average Bonchev–Trinajstić information content (AvgIpc) is 2.54. The smallest absolute Gasteiger partial charge is 0.435 e. The van der Waals surface area contributed by atoms with Crippen molar-refractivity contribution in [1.82, 2.24) is 0 Å². The molecule has 0 heterocycles. The highest BCUT2D eigenvalue weighted by Gasteiger charge is 2.48. The molecule has 2 rings (SSSR count). The molecule has 0 aromatic rings. The predicted octanol–water partition coefficient (Wildman–Crippen LogP) is 6.70. The maximum absolute atomic E-state index is 12.0. The van der Waals surface area contributed by atoms with Crippen LogP contribution in [0.15, 0.2) is 0 Å². The molecule has 0 aliphatic heterocycles. The van der Waals surface area contributed by atoms with E-state index in [1.807, 2.05) is 6.92 Å². The van der Waals surface area contributed by atoms with Crippen LogP contribution in [0.3, 0.4) is 0 Å². The summed E-state index contributed by atoms with van der Waals surface area (Å²) in [7, 11) is 0. The van der Waals surface area contributed by atoms with Crippen LogP contribution < -0.4 is 0 Å².